The molecule has 1 aromatic heterocycles. The third-order valence-corrected chi connectivity index (χ3v) is 2.95. The van der Waals surface area contributed by atoms with Crippen LogP contribution in [0.4, 0.5) is 5.88 Å². The van der Waals surface area contributed by atoms with E-state index in [4.69, 9.17) is 14.5 Å². The van der Waals surface area contributed by atoms with Crippen molar-refractivity contribution in [2.75, 3.05) is 11.4 Å². The Bertz CT molecular complexity index is 326. The highest BCUT2D eigenvalue weighted by Crippen LogP contribution is 2.24. The molecule has 0 spiro atoms. The molecule has 5 heteroatoms. The maximum atomic E-state index is 8.94. The van der Waals surface area contributed by atoms with Gasteiger partial charge in [-0.05, 0) is 32.3 Å². The molecule has 1 saturated heterocycles. The van der Waals surface area contributed by atoms with Gasteiger partial charge in [-0.1, -0.05) is 0 Å². The highest BCUT2D eigenvalue weighted by atomic mass is 16.4. The first kappa shape index (κ1) is 10.6. The van der Waals surface area contributed by atoms with E-state index in [9.17, 15) is 0 Å². The lowest BCUT2D eigenvalue weighted by Gasteiger charge is -2.33. The Morgan fingerprint density at radius 2 is 2.20 bits per heavy atom. The lowest BCUT2D eigenvalue weighted by atomic mass is 9.88. The summed E-state index contributed by atoms with van der Waals surface area (Å²) < 4.78 is 5.38. The molecule has 0 radical (unpaired) electrons. The van der Waals surface area contributed by atoms with Gasteiger partial charge in [0.25, 0.3) is 0 Å². The smallest absolute Gasteiger partial charge is 0.449 e. The van der Waals surface area contributed by atoms with Crippen LogP contribution < -0.4 is 10.6 Å². The van der Waals surface area contributed by atoms with Gasteiger partial charge in [-0.3, -0.25) is 0 Å². The maximum absolute atomic E-state index is 8.94. The van der Waals surface area contributed by atoms with Crippen LogP contribution in [0.15, 0.2) is 16.5 Å². The SMILES string of the molecule is CC1CCCCN1c1ccc(B(O)O)o1. The summed E-state index contributed by atoms with van der Waals surface area (Å²) in [5, 5.41) is 17.9. The number of rotatable bonds is 2. The molecule has 1 atom stereocenters. The zero-order valence-corrected chi connectivity index (χ0v) is 8.89. The minimum atomic E-state index is -1.51. The molecule has 82 valence electrons. The fraction of sp³-hybridized carbons (Fsp3) is 0.600. The van der Waals surface area contributed by atoms with Gasteiger partial charge in [-0.2, -0.15) is 0 Å². The quantitative estimate of drug-likeness (QED) is 0.689. The van der Waals surface area contributed by atoms with Gasteiger partial charge < -0.3 is 19.4 Å². The fourth-order valence-corrected chi connectivity index (χ4v) is 2.06. The van der Waals surface area contributed by atoms with E-state index in [1.54, 1.807) is 12.1 Å². The molecule has 0 bridgehead atoms. The summed E-state index contributed by atoms with van der Waals surface area (Å²) in [6.45, 7) is 3.15. The van der Waals surface area contributed by atoms with Crippen molar-refractivity contribution in [3.8, 4) is 0 Å². The van der Waals surface area contributed by atoms with Gasteiger partial charge in [0.15, 0.2) is 5.88 Å². The van der Waals surface area contributed by atoms with Crippen molar-refractivity contribution in [3.63, 3.8) is 0 Å². The van der Waals surface area contributed by atoms with E-state index in [-0.39, 0.29) is 5.66 Å². The lowest BCUT2D eigenvalue weighted by molar-refractivity contribution is 0.403. The predicted molar refractivity (Wildman–Crippen MR) is 59.2 cm³/mol. The minimum absolute atomic E-state index is 0.211. The number of nitrogens with zero attached hydrogens (tertiary/aromatic N) is 1. The normalized spacial score (nSPS) is 21.8. The highest BCUT2D eigenvalue weighted by molar-refractivity contribution is 6.57. The molecule has 1 aliphatic heterocycles. The van der Waals surface area contributed by atoms with Crippen LogP contribution in [-0.2, 0) is 0 Å². The van der Waals surface area contributed by atoms with Crippen LogP contribution in [0, 0.1) is 0 Å². The summed E-state index contributed by atoms with van der Waals surface area (Å²) in [7, 11) is -1.51. The van der Waals surface area contributed by atoms with E-state index >= 15 is 0 Å². The Labute approximate surface area is 89.7 Å². The Morgan fingerprint density at radius 1 is 1.40 bits per heavy atom. The number of piperidine rings is 1. The second-order valence-corrected chi connectivity index (χ2v) is 4.09. The number of furan rings is 1. The van der Waals surface area contributed by atoms with E-state index in [1.807, 2.05) is 0 Å². The van der Waals surface area contributed by atoms with E-state index in [0.717, 1.165) is 18.8 Å². The summed E-state index contributed by atoms with van der Waals surface area (Å²) in [6, 6.07) is 3.88. The monoisotopic (exact) mass is 209 g/mol. The standard InChI is InChI=1S/C10H16BNO3/c1-8-4-2-3-7-12(8)10-6-5-9(15-10)11(13)14/h5-6,8,13-14H,2-4,7H2,1H3. The molecule has 4 nitrogen and oxygen atoms in total. The van der Waals surface area contributed by atoms with E-state index in [1.165, 1.54) is 12.8 Å². The molecule has 0 aromatic carbocycles. The average molecular weight is 209 g/mol. The third kappa shape index (κ3) is 2.18. The van der Waals surface area contributed by atoms with E-state index < -0.39 is 7.12 Å². The van der Waals surface area contributed by atoms with Gasteiger partial charge in [0.1, 0.15) is 5.66 Å². The Hall–Kier alpha value is -0.935. The number of hydrogen-bond acceptors (Lipinski definition) is 4. The predicted octanol–water partition coefficient (Wildman–Crippen LogP) is 0.338. The fourth-order valence-electron chi connectivity index (χ4n) is 2.06. The molecule has 2 heterocycles. The van der Waals surface area contributed by atoms with Crippen LogP contribution >= 0.6 is 0 Å². The molecule has 1 unspecified atom stereocenters. The maximum Gasteiger partial charge on any atom is 0.526 e. The Balaban J connectivity index is 2.13. The van der Waals surface area contributed by atoms with Gasteiger partial charge in [-0.15, -0.1) is 0 Å². The first-order chi connectivity index (χ1) is 7.18. The van der Waals surface area contributed by atoms with Crippen molar-refractivity contribution in [1.29, 1.82) is 0 Å². The summed E-state index contributed by atoms with van der Waals surface area (Å²) >= 11 is 0. The molecule has 2 N–H and O–H groups in total. The summed E-state index contributed by atoms with van der Waals surface area (Å²) in [4.78, 5) is 2.18. The number of hydrogen-bond donors (Lipinski definition) is 2. The Morgan fingerprint density at radius 3 is 2.80 bits per heavy atom. The van der Waals surface area contributed by atoms with Crippen LogP contribution in [-0.4, -0.2) is 29.8 Å². The van der Waals surface area contributed by atoms with Gasteiger partial charge in [0.2, 0.25) is 0 Å². The highest BCUT2D eigenvalue weighted by Gasteiger charge is 2.23. The van der Waals surface area contributed by atoms with Gasteiger partial charge >= 0.3 is 7.12 Å². The largest absolute Gasteiger partial charge is 0.526 e. The Kier molecular flexibility index (Phi) is 3.02. The molecular weight excluding hydrogens is 193 g/mol. The molecule has 0 aliphatic carbocycles. The molecular formula is C10H16BNO3. The van der Waals surface area contributed by atoms with Crippen LogP contribution in [0.2, 0.25) is 0 Å². The minimum Gasteiger partial charge on any atom is -0.449 e. The molecule has 1 fully saturated rings. The molecule has 15 heavy (non-hydrogen) atoms. The van der Waals surface area contributed by atoms with E-state index in [0.29, 0.717) is 6.04 Å². The van der Waals surface area contributed by atoms with Crippen molar-refractivity contribution in [2.24, 2.45) is 0 Å². The van der Waals surface area contributed by atoms with Gasteiger partial charge in [0, 0.05) is 18.7 Å². The summed E-state index contributed by atoms with van der Waals surface area (Å²) in [6.07, 6.45) is 3.59. The van der Waals surface area contributed by atoms with Gasteiger partial charge in [0.05, 0.1) is 0 Å². The van der Waals surface area contributed by atoms with Crippen LogP contribution in [0.3, 0.4) is 0 Å². The summed E-state index contributed by atoms with van der Waals surface area (Å²) in [5.41, 5.74) is 0.211. The van der Waals surface area contributed by atoms with E-state index in [2.05, 4.69) is 11.8 Å². The zero-order chi connectivity index (χ0) is 10.8. The van der Waals surface area contributed by atoms with Crippen molar-refractivity contribution < 1.29 is 14.5 Å². The van der Waals surface area contributed by atoms with Crippen molar-refractivity contribution in [1.82, 2.24) is 0 Å². The zero-order valence-electron chi connectivity index (χ0n) is 8.89. The average Bonchev–Trinajstić information content (AvgIpc) is 2.67. The molecule has 0 saturated carbocycles. The van der Waals surface area contributed by atoms with Crippen LogP contribution in [0.1, 0.15) is 26.2 Å². The lowest BCUT2D eigenvalue weighted by Crippen LogP contribution is -2.37. The summed E-state index contributed by atoms with van der Waals surface area (Å²) in [5.74, 6) is 0.741. The van der Waals surface area contributed by atoms with Crippen molar-refractivity contribution in [2.45, 2.75) is 32.2 Å². The van der Waals surface area contributed by atoms with Crippen molar-refractivity contribution in [3.05, 3.63) is 12.1 Å². The second kappa shape index (κ2) is 4.29. The van der Waals surface area contributed by atoms with Crippen LogP contribution in [0.25, 0.3) is 0 Å². The molecule has 2 rings (SSSR count). The number of anilines is 1. The first-order valence-corrected chi connectivity index (χ1v) is 5.41. The topological polar surface area (TPSA) is 56.8 Å². The molecule has 1 aliphatic rings. The molecule has 0 amide bonds. The first-order valence-electron chi connectivity index (χ1n) is 5.41. The van der Waals surface area contributed by atoms with Crippen LogP contribution in [0.5, 0.6) is 0 Å². The van der Waals surface area contributed by atoms with Crippen molar-refractivity contribution >= 4 is 18.7 Å². The van der Waals surface area contributed by atoms with Gasteiger partial charge in [-0.25, -0.2) is 0 Å². The second-order valence-electron chi connectivity index (χ2n) is 4.09. The molecule has 1 aromatic rings. The third-order valence-electron chi connectivity index (χ3n) is 2.95.